The van der Waals surface area contributed by atoms with Crippen LogP contribution in [-0.2, 0) is 23.2 Å². The third-order valence-electron chi connectivity index (χ3n) is 3.90. The SMILES string of the molecule is CS(=O)(=O)NCc1oc(COc2ccc(C#Cc3ccccc3)cc2)cc(=O)c1O. The number of ether oxygens (including phenoxy) is 1. The minimum Gasteiger partial charge on any atom is -0.502 e. The van der Waals surface area contributed by atoms with E-state index in [9.17, 15) is 18.3 Å². The number of benzene rings is 2. The van der Waals surface area contributed by atoms with Crippen LogP contribution in [0.2, 0.25) is 0 Å². The maximum Gasteiger partial charge on any atom is 0.227 e. The first-order valence-corrected chi connectivity index (χ1v) is 10.8. The van der Waals surface area contributed by atoms with Crippen LogP contribution in [0.1, 0.15) is 22.6 Å². The van der Waals surface area contributed by atoms with Crippen molar-refractivity contribution in [3.8, 4) is 23.3 Å². The van der Waals surface area contributed by atoms with Crippen LogP contribution in [-0.4, -0.2) is 19.8 Å². The second-order valence-electron chi connectivity index (χ2n) is 6.37. The molecule has 2 N–H and O–H groups in total. The molecule has 0 amide bonds. The molecule has 154 valence electrons. The molecule has 0 spiro atoms. The first-order valence-electron chi connectivity index (χ1n) is 8.89. The van der Waals surface area contributed by atoms with Gasteiger partial charge in [-0.25, -0.2) is 13.1 Å². The van der Waals surface area contributed by atoms with E-state index in [0.29, 0.717) is 5.75 Å². The zero-order chi connectivity index (χ0) is 21.6. The molecule has 0 radical (unpaired) electrons. The van der Waals surface area contributed by atoms with Crippen molar-refractivity contribution in [3.05, 3.63) is 93.5 Å². The number of sulfonamides is 1. The van der Waals surface area contributed by atoms with Gasteiger partial charge >= 0.3 is 0 Å². The Morgan fingerprint density at radius 2 is 1.67 bits per heavy atom. The zero-order valence-corrected chi connectivity index (χ0v) is 16.9. The highest BCUT2D eigenvalue weighted by Crippen LogP contribution is 2.17. The Balaban J connectivity index is 1.66. The monoisotopic (exact) mass is 425 g/mol. The van der Waals surface area contributed by atoms with Gasteiger partial charge in [0, 0.05) is 17.2 Å². The fourth-order valence-corrected chi connectivity index (χ4v) is 2.82. The lowest BCUT2D eigenvalue weighted by Crippen LogP contribution is -2.22. The van der Waals surface area contributed by atoms with Gasteiger partial charge in [-0.15, -0.1) is 0 Å². The van der Waals surface area contributed by atoms with Gasteiger partial charge in [0.15, 0.2) is 5.76 Å². The summed E-state index contributed by atoms with van der Waals surface area (Å²) < 4.78 is 35.6. The fraction of sp³-hybridized carbons (Fsp3) is 0.136. The van der Waals surface area contributed by atoms with E-state index in [4.69, 9.17) is 9.15 Å². The van der Waals surface area contributed by atoms with E-state index in [1.807, 2.05) is 30.3 Å². The van der Waals surface area contributed by atoms with Crippen molar-refractivity contribution < 1.29 is 22.7 Å². The summed E-state index contributed by atoms with van der Waals surface area (Å²) in [7, 11) is -3.51. The van der Waals surface area contributed by atoms with Crippen molar-refractivity contribution in [2.45, 2.75) is 13.2 Å². The molecule has 2 aromatic carbocycles. The van der Waals surface area contributed by atoms with Crippen molar-refractivity contribution in [3.63, 3.8) is 0 Å². The Labute approximate surface area is 174 Å². The number of aromatic hydroxyl groups is 1. The molecule has 0 saturated carbocycles. The molecule has 8 heteroatoms. The topological polar surface area (TPSA) is 106 Å². The van der Waals surface area contributed by atoms with Gasteiger partial charge < -0.3 is 14.3 Å². The zero-order valence-electron chi connectivity index (χ0n) is 16.1. The molecule has 0 bridgehead atoms. The van der Waals surface area contributed by atoms with E-state index in [-0.39, 0.29) is 24.7 Å². The first kappa shape index (κ1) is 21.2. The summed E-state index contributed by atoms with van der Waals surface area (Å²) in [5.41, 5.74) is 1.05. The average Bonchev–Trinajstić information content (AvgIpc) is 2.73. The molecule has 0 saturated heterocycles. The highest BCUT2D eigenvalue weighted by Gasteiger charge is 2.13. The van der Waals surface area contributed by atoms with E-state index in [0.717, 1.165) is 23.4 Å². The van der Waals surface area contributed by atoms with Crippen LogP contribution >= 0.6 is 0 Å². The maximum atomic E-state index is 11.9. The number of hydrogen-bond acceptors (Lipinski definition) is 6. The Kier molecular flexibility index (Phi) is 6.57. The lowest BCUT2D eigenvalue weighted by molar-refractivity contribution is 0.256. The average molecular weight is 425 g/mol. The molecular formula is C22H19NO6S. The van der Waals surface area contributed by atoms with Gasteiger partial charge in [-0.05, 0) is 36.4 Å². The highest BCUT2D eigenvalue weighted by molar-refractivity contribution is 7.88. The fourth-order valence-electron chi connectivity index (χ4n) is 2.43. The van der Waals surface area contributed by atoms with Crippen LogP contribution in [0.15, 0.2) is 69.9 Å². The molecule has 7 nitrogen and oxygen atoms in total. The third kappa shape index (κ3) is 6.24. The Morgan fingerprint density at radius 1 is 1.03 bits per heavy atom. The molecule has 0 fully saturated rings. The summed E-state index contributed by atoms with van der Waals surface area (Å²) in [4.78, 5) is 11.9. The van der Waals surface area contributed by atoms with Gasteiger partial charge in [-0.2, -0.15) is 0 Å². The minimum atomic E-state index is -3.51. The summed E-state index contributed by atoms with van der Waals surface area (Å²) in [5.74, 6) is 5.98. The van der Waals surface area contributed by atoms with Crippen LogP contribution in [0.4, 0.5) is 0 Å². The van der Waals surface area contributed by atoms with Crippen molar-refractivity contribution in [1.82, 2.24) is 4.72 Å². The summed E-state index contributed by atoms with van der Waals surface area (Å²) in [6.07, 6.45) is 0.961. The van der Waals surface area contributed by atoms with Gasteiger partial charge in [0.25, 0.3) is 0 Å². The Morgan fingerprint density at radius 3 is 2.30 bits per heavy atom. The predicted octanol–water partition coefficient (Wildman–Crippen LogP) is 2.37. The van der Waals surface area contributed by atoms with Crippen molar-refractivity contribution >= 4 is 10.0 Å². The van der Waals surface area contributed by atoms with Gasteiger partial charge in [-0.1, -0.05) is 30.0 Å². The smallest absolute Gasteiger partial charge is 0.227 e. The molecule has 0 atom stereocenters. The molecule has 0 aliphatic carbocycles. The molecule has 0 unspecified atom stereocenters. The van der Waals surface area contributed by atoms with E-state index in [2.05, 4.69) is 16.6 Å². The van der Waals surface area contributed by atoms with Crippen LogP contribution < -0.4 is 14.9 Å². The minimum absolute atomic E-state index is 0.0730. The van der Waals surface area contributed by atoms with Crippen molar-refractivity contribution in [2.24, 2.45) is 0 Å². The normalized spacial score (nSPS) is 10.8. The Bertz CT molecular complexity index is 1240. The van der Waals surface area contributed by atoms with Gasteiger partial charge in [-0.3, -0.25) is 4.79 Å². The summed E-state index contributed by atoms with van der Waals surface area (Å²) >= 11 is 0. The molecular weight excluding hydrogens is 406 g/mol. The van der Waals surface area contributed by atoms with Crippen LogP contribution in [0, 0.1) is 11.8 Å². The standard InChI is InChI=1S/C22H19NO6S/c1-30(26,27)23-14-21-22(25)20(24)13-19(29-21)15-28-18-11-9-17(10-12-18)8-7-16-5-3-2-4-6-16/h2-6,9-13,23,25H,14-15H2,1H3. The second kappa shape index (κ2) is 9.31. The van der Waals surface area contributed by atoms with Gasteiger partial charge in [0.2, 0.25) is 21.2 Å². The first-order chi connectivity index (χ1) is 14.3. The van der Waals surface area contributed by atoms with Gasteiger partial charge in [0.1, 0.15) is 18.1 Å². The third-order valence-corrected chi connectivity index (χ3v) is 4.57. The molecule has 1 heterocycles. The molecule has 0 aliphatic heterocycles. The van der Waals surface area contributed by atoms with Crippen molar-refractivity contribution in [1.29, 1.82) is 0 Å². The van der Waals surface area contributed by atoms with E-state index in [1.54, 1.807) is 24.3 Å². The maximum absolute atomic E-state index is 11.9. The van der Waals surface area contributed by atoms with E-state index in [1.165, 1.54) is 0 Å². The van der Waals surface area contributed by atoms with Crippen molar-refractivity contribution in [2.75, 3.05) is 6.26 Å². The molecule has 30 heavy (non-hydrogen) atoms. The van der Waals surface area contributed by atoms with Crippen LogP contribution in [0.5, 0.6) is 11.5 Å². The largest absolute Gasteiger partial charge is 0.502 e. The van der Waals surface area contributed by atoms with Crippen LogP contribution in [0.25, 0.3) is 0 Å². The molecule has 1 aromatic heterocycles. The van der Waals surface area contributed by atoms with Gasteiger partial charge in [0.05, 0.1) is 12.8 Å². The number of hydrogen-bond donors (Lipinski definition) is 2. The van der Waals surface area contributed by atoms with E-state index >= 15 is 0 Å². The van der Waals surface area contributed by atoms with Crippen LogP contribution in [0.3, 0.4) is 0 Å². The summed E-state index contributed by atoms with van der Waals surface area (Å²) in [5, 5.41) is 9.77. The van der Waals surface area contributed by atoms with E-state index < -0.39 is 21.2 Å². The quantitative estimate of drug-likeness (QED) is 0.588. The number of nitrogens with one attached hydrogen (secondary N) is 1. The molecule has 0 aliphatic rings. The highest BCUT2D eigenvalue weighted by atomic mass is 32.2. The lowest BCUT2D eigenvalue weighted by Gasteiger charge is -2.09. The number of rotatable bonds is 6. The molecule has 3 rings (SSSR count). The Hall–Kier alpha value is -3.54. The summed E-state index contributed by atoms with van der Waals surface area (Å²) in [6.45, 7) is -0.418. The second-order valence-corrected chi connectivity index (χ2v) is 8.20. The summed E-state index contributed by atoms with van der Waals surface area (Å²) in [6, 6.07) is 17.8. The predicted molar refractivity (Wildman–Crippen MR) is 112 cm³/mol. The molecule has 3 aromatic rings. The lowest BCUT2D eigenvalue weighted by atomic mass is 10.2.